The number of carbonyl (C=O) groups is 1. The number of hydrogen-bond acceptors (Lipinski definition) is 2. The van der Waals surface area contributed by atoms with Gasteiger partial charge in [-0.1, -0.05) is 64.4 Å². The fourth-order valence-corrected chi connectivity index (χ4v) is 1.93. The molecule has 0 fully saturated rings. The summed E-state index contributed by atoms with van der Waals surface area (Å²) in [6.07, 6.45) is 10.7. The fraction of sp³-hybridized carbons (Fsp3) is 0.667. The van der Waals surface area contributed by atoms with Crippen molar-refractivity contribution < 1.29 is 9.90 Å². The lowest BCUT2D eigenvalue weighted by molar-refractivity contribution is -0.129. The van der Waals surface area contributed by atoms with Crippen LogP contribution in [0.2, 0.25) is 0 Å². The quantitative estimate of drug-likeness (QED) is 0.447. The average molecular weight is 332 g/mol. The van der Waals surface area contributed by atoms with Crippen molar-refractivity contribution in [1.29, 1.82) is 0 Å². The minimum Gasteiger partial charge on any atom is -0.383 e. The molecule has 134 valence electrons. The highest BCUT2D eigenvalue weighted by atomic mass is 16.3. The van der Waals surface area contributed by atoms with Gasteiger partial charge in [-0.2, -0.15) is 0 Å². The summed E-state index contributed by atoms with van der Waals surface area (Å²) >= 11 is 0. The van der Waals surface area contributed by atoms with Gasteiger partial charge in [-0.3, -0.25) is 4.79 Å². The van der Waals surface area contributed by atoms with E-state index < -0.39 is 6.10 Å². The molecule has 0 spiro atoms. The second kappa shape index (κ2) is 16.2. The lowest BCUT2D eigenvalue weighted by atomic mass is 10.1. The molecule has 0 saturated heterocycles. The van der Waals surface area contributed by atoms with Gasteiger partial charge >= 0.3 is 0 Å². The Morgan fingerprint density at radius 3 is 2.67 bits per heavy atom. The molecule has 0 heterocycles. The number of rotatable bonds is 11. The summed E-state index contributed by atoms with van der Waals surface area (Å²) in [6, 6.07) is 0. The van der Waals surface area contributed by atoms with Crippen molar-refractivity contribution in [2.75, 3.05) is 6.54 Å². The molecule has 3 nitrogen and oxygen atoms in total. The molecule has 0 aromatic heterocycles. The van der Waals surface area contributed by atoms with Gasteiger partial charge in [0.05, 0.1) is 0 Å². The van der Waals surface area contributed by atoms with Crippen LogP contribution in [0, 0.1) is 29.6 Å². The van der Waals surface area contributed by atoms with Crippen molar-refractivity contribution in [2.24, 2.45) is 5.92 Å². The van der Waals surface area contributed by atoms with E-state index in [0.29, 0.717) is 18.9 Å². The normalized spacial score (nSPS) is 11.5. The van der Waals surface area contributed by atoms with Gasteiger partial charge in [0, 0.05) is 13.0 Å². The van der Waals surface area contributed by atoms with Crippen LogP contribution >= 0.6 is 0 Å². The molecule has 0 aliphatic rings. The largest absolute Gasteiger partial charge is 0.383 e. The Bertz CT molecular complexity index is 472. The zero-order valence-electron chi connectivity index (χ0n) is 15.5. The summed E-state index contributed by atoms with van der Waals surface area (Å²) in [5.74, 6) is 11.7. The molecular weight excluding hydrogens is 298 g/mol. The zero-order valence-corrected chi connectivity index (χ0v) is 15.5. The highest BCUT2D eigenvalue weighted by molar-refractivity contribution is 5.80. The smallest absolute Gasteiger partial charge is 0.248 e. The number of nitrogens with one attached hydrogen (secondary N) is 1. The van der Waals surface area contributed by atoms with Crippen molar-refractivity contribution in [3.63, 3.8) is 0 Å². The van der Waals surface area contributed by atoms with Gasteiger partial charge in [0.15, 0.2) is 0 Å². The van der Waals surface area contributed by atoms with Crippen molar-refractivity contribution in [3.05, 3.63) is 12.2 Å². The van der Waals surface area contributed by atoms with Crippen LogP contribution in [0.4, 0.5) is 0 Å². The van der Waals surface area contributed by atoms with E-state index in [1.54, 1.807) is 0 Å². The van der Waals surface area contributed by atoms with Crippen LogP contribution in [0.3, 0.4) is 0 Å². The summed E-state index contributed by atoms with van der Waals surface area (Å²) in [5.41, 5.74) is 0. The second-order valence-electron chi connectivity index (χ2n) is 6.37. The summed E-state index contributed by atoms with van der Waals surface area (Å²) in [5, 5.41) is 12.5. The predicted octanol–water partition coefficient (Wildman–Crippen LogP) is 3.82. The molecular formula is C21H33NO2. The zero-order chi connectivity index (χ0) is 18.0. The first kappa shape index (κ1) is 22.3. The molecule has 1 atom stereocenters. The first-order chi connectivity index (χ1) is 11.6. The minimum absolute atomic E-state index is 0.259. The molecule has 1 amide bonds. The number of aliphatic hydroxyl groups excluding tert-OH is 1. The van der Waals surface area contributed by atoms with Crippen LogP contribution in [-0.2, 0) is 4.79 Å². The number of amides is 1. The van der Waals surface area contributed by atoms with E-state index >= 15 is 0 Å². The second-order valence-corrected chi connectivity index (χ2v) is 6.37. The van der Waals surface area contributed by atoms with Crippen LogP contribution in [0.15, 0.2) is 12.2 Å². The number of carbonyl (C=O) groups excluding carboxylic acids is 1. The number of aliphatic hydroxyl groups is 1. The first-order valence-corrected chi connectivity index (χ1v) is 9.17. The third-order valence-corrected chi connectivity index (χ3v) is 3.42. The van der Waals surface area contributed by atoms with Gasteiger partial charge in [0.25, 0.3) is 0 Å². The minimum atomic E-state index is -0.889. The molecule has 0 aliphatic carbocycles. The third kappa shape index (κ3) is 15.2. The van der Waals surface area contributed by atoms with Crippen LogP contribution in [0.5, 0.6) is 0 Å². The topological polar surface area (TPSA) is 49.3 Å². The number of unbranched alkanes of at least 4 members (excludes halogenated alkanes) is 5. The maximum Gasteiger partial charge on any atom is 0.248 e. The lowest BCUT2D eigenvalue weighted by Gasteiger charge is -2.12. The Morgan fingerprint density at radius 2 is 1.96 bits per heavy atom. The molecule has 2 N–H and O–H groups in total. The number of hydrogen-bond donors (Lipinski definition) is 2. The molecule has 1 unspecified atom stereocenters. The van der Waals surface area contributed by atoms with Gasteiger partial charge in [-0.25, -0.2) is 0 Å². The fourth-order valence-electron chi connectivity index (χ4n) is 1.93. The highest BCUT2D eigenvalue weighted by Gasteiger charge is 2.13. The van der Waals surface area contributed by atoms with Crippen LogP contribution in [-0.4, -0.2) is 23.7 Å². The molecule has 0 aromatic rings. The van der Waals surface area contributed by atoms with Gasteiger partial charge < -0.3 is 10.4 Å². The Morgan fingerprint density at radius 1 is 1.17 bits per heavy atom. The molecule has 0 aliphatic heterocycles. The molecule has 0 bridgehead atoms. The van der Waals surface area contributed by atoms with Crippen LogP contribution < -0.4 is 5.32 Å². The van der Waals surface area contributed by atoms with Crippen molar-refractivity contribution >= 4 is 5.91 Å². The Labute approximate surface area is 148 Å². The summed E-state index contributed by atoms with van der Waals surface area (Å²) in [6.45, 7) is 6.84. The molecule has 0 rings (SSSR count). The molecule has 3 heteroatoms. The standard InChI is InChI=1S/C21H33NO2/c1-4-5-6-7-8-9-10-11-12-13-14-15-16-17-20(23)21(24)22-18-19(2)3/h7-8,19-20,23H,4-6,13-18H2,1-3H3,(H,22,24)/b8-7-. The van der Waals surface area contributed by atoms with Gasteiger partial charge in [0.2, 0.25) is 5.91 Å². The molecule has 0 saturated carbocycles. The van der Waals surface area contributed by atoms with Crippen molar-refractivity contribution in [1.82, 2.24) is 5.32 Å². The third-order valence-electron chi connectivity index (χ3n) is 3.42. The van der Waals surface area contributed by atoms with Gasteiger partial charge in [-0.05, 0) is 43.1 Å². The van der Waals surface area contributed by atoms with E-state index in [0.717, 1.165) is 32.1 Å². The predicted molar refractivity (Wildman–Crippen MR) is 101 cm³/mol. The number of allylic oxidation sites excluding steroid dienone is 2. The van der Waals surface area contributed by atoms with Gasteiger partial charge in [0.1, 0.15) is 6.10 Å². The van der Waals surface area contributed by atoms with E-state index in [2.05, 4.69) is 42.0 Å². The lowest BCUT2D eigenvalue weighted by Crippen LogP contribution is -2.36. The first-order valence-electron chi connectivity index (χ1n) is 9.17. The molecule has 0 aromatic carbocycles. The molecule has 24 heavy (non-hydrogen) atoms. The Kier molecular flexibility index (Phi) is 15.0. The maximum absolute atomic E-state index is 11.6. The van der Waals surface area contributed by atoms with E-state index in [4.69, 9.17) is 0 Å². The highest BCUT2D eigenvalue weighted by Crippen LogP contribution is 2.05. The SMILES string of the molecule is CCCC/C=C\C#CC#CCCCCCC(O)C(=O)NCC(C)C. The van der Waals surface area contributed by atoms with E-state index in [1.807, 2.05) is 19.9 Å². The Hall–Kier alpha value is -1.71. The summed E-state index contributed by atoms with van der Waals surface area (Å²) in [4.78, 5) is 11.6. The monoisotopic (exact) mass is 331 g/mol. The summed E-state index contributed by atoms with van der Waals surface area (Å²) < 4.78 is 0. The van der Waals surface area contributed by atoms with Gasteiger partial charge in [-0.15, -0.1) is 0 Å². The summed E-state index contributed by atoms with van der Waals surface area (Å²) in [7, 11) is 0. The van der Waals surface area contributed by atoms with E-state index in [9.17, 15) is 9.90 Å². The van der Waals surface area contributed by atoms with Crippen LogP contribution in [0.1, 0.15) is 72.1 Å². The van der Waals surface area contributed by atoms with E-state index in [1.165, 1.54) is 12.8 Å². The van der Waals surface area contributed by atoms with E-state index in [-0.39, 0.29) is 5.91 Å². The maximum atomic E-state index is 11.6. The van der Waals surface area contributed by atoms with Crippen molar-refractivity contribution in [3.8, 4) is 23.7 Å². The van der Waals surface area contributed by atoms with Crippen molar-refractivity contribution in [2.45, 2.75) is 78.2 Å². The molecule has 0 radical (unpaired) electrons. The van der Waals surface area contributed by atoms with Crippen LogP contribution in [0.25, 0.3) is 0 Å². The average Bonchev–Trinajstić information content (AvgIpc) is 2.56. The Balaban J connectivity index is 3.64.